The van der Waals surface area contributed by atoms with Gasteiger partial charge in [0.15, 0.2) is 5.01 Å². The number of nitrogens with one attached hydrogen (secondary N) is 1. The second-order valence-electron chi connectivity index (χ2n) is 5.69. The SMILES string of the molecule is Cc1cc(-c2nnc(CNC(C)(C)C)s2)c(F)cc1F. The molecule has 1 N–H and O–H groups in total. The fraction of sp³-hybridized carbons (Fsp3) is 0.429. The van der Waals surface area contributed by atoms with E-state index >= 15 is 0 Å². The Kier molecular flexibility index (Phi) is 4.15. The van der Waals surface area contributed by atoms with Crippen molar-refractivity contribution in [1.29, 1.82) is 0 Å². The number of aromatic nitrogens is 2. The van der Waals surface area contributed by atoms with Crippen molar-refractivity contribution in [2.45, 2.75) is 39.8 Å². The van der Waals surface area contributed by atoms with Crippen LogP contribution in [0, 0.1) is 18.6 Å². The van der Waals surface area contributed by atoms with Crippen molar-refractivity contribution in [2.75, 3.05) is 0 Å². The Bertz CT molecular complexity index is 617. The average Bonchev–Trinajstić information content (AvgIpc) is 2.79. The number of hydrogen-bond acceptors (Lipinski definition) is 4. The topological polar surface area (TPSA) is 37.8 Å². The van der Waals surface area contributed by atoms with Crippen LogP contribution < -0.4 is 5.32 Å². The summed E-state index contributed by atoms with van der Waals surface area (Å²) in [5.74, 6) is -1.16. The standard InChI is InChI=1S/C14H17F2N3S/c1-8-5-9(11(16)6-10(8)15)13-19-18-12(20-13)7-17-14(2,3)4/h5-6,17H,7H2,1-4H3. The first-order chi connectivity index (χ1) is 9.26. The molecule has 2 aromatic rings. The van der Waals surface area contributed by atoms with E-state index in [4.69, 9.17) is 0 Å². The van der Waals surface area contributed by atoms with Crippen LogP contribution in [0.4, 0.5) is 8.78 Å². The summed E-state index contributed by atoms with van der Waals surface area (Å²) in [5.41, 5.74) is 0.665. The second kappa shape index (κ2) is 5.54. The summed E-state index contributed by atoms with van der Waals surface area (Å²) in [4.78, 5) is 0. The van der Waals surface area contributed by atoms with E-state index in [1.165, 1.54) is 17.4 Å². The molecule has 0 saturated carbocycles. The summed E-state index contributed by atoms with van der Waals surface area (Å²) < 4.78 is 27.0. The zero-order chi connectivity index (χ0) is 14.9. The van der Waals surface area contributed by atoms with Crippen LogP contribution >= 0.6 is 11.3 Å². The zero-order valence-corrected chi connectivity index (χ0v) is 12.7. The van der Waals surface area contributed by atoms with Crippen LogP contribution in [0.15, 0.2) is 12.1 Å². The number of nitrogens with zero attached hydrogens (tertiary/aromatic N) is 2. The van der Waals surface area contributed by atoms with Gasteiger partial charge in [0.2, 0.25) is 0 Å². The summed E-state index contributed by atoms with van der Waals surface area (Å²) in [6.07, 6.45) is 0. The maximum absolute atomic E-state index is 13.8. The van der Waals surface area contributed by atoms with E-state index < -0.39 is 11.6 Å². The van der Waals surface area contributed by atoms with Crippen molar-refractivity contribution in [3.05, 3.63) is 34.3 Å². The van der Waals surface area contributed by atoms with Crippen LogP contribution in [0.2, 0.25) is 0 Å². The molecule has 108 valence electrons. The van der Waals surface area contributed by atoms with Crippen LogP contribution in [-0.2, 0) is 6.54 Å². The van der Waals surface area contributed by atoms with Gasteiger partial charge in [0.1, 0.15) is 16.6 Å². The van der Waals surface area contributed by atoms with E-state index in [1.807, 2.05) is 0 Å². The highest BCUT2D eigenvalue weighted by molar-refractivity contribution is 7.14. The maximum atomic E-state index is 13.8. The van der Waals surface area contributed by atoms with E-state index in [0.717, 1.165) is 11.1 Å². The first-order valence-electron chi connectivity index (χ1n) is 6.30. The molecular formula is C14H17F2N3S. The molecule has 0 amide bonds. The van der Waals surface area contributed by atoms with Gasteiger partial charge in [-0.05, 0) is 39.3 Å². The van der Waals surface area contributed by atoms with Gasteiger partial charge in [0, 0.05) is 17.2 Å². The van der Waals surface area contributed by atoms with E-state index in [1.54, 1.807) is 6.92 Å². The van der Waals surface area contributed by atoms with E-state index in [2.05, 4.69) is 36.3 Å². The van der Waals surface area contributed by atoms with Gasteiger partial charge in [-0.25, -0.2) is 8.78 Å². The highest BCUT2D eigenvalue weighted by atomic mass is 32.1. The molecule has 0 unspecified atom stereocenters. The van der Waals surface area contributed by atoms with E-state index in [9.17, 15) is 8.78 Å². The molecule has 3 nitrogen and oxygen atoms in total. The quantitative estimate of drug-likeness (QED) is 0.939. The zero-order valence-electron chi connectivity index (χ0n) is 11.9. The van der Waals surface area contributed by atoms with Gasteiger partial charge in [0.25, 0.3) is 0 Å². The summed E-state index contributed by atoms with van der Waals surface area (Å²) in [7, 11) is 0. The molecule has 0 atom stereocenters. The number of halogens is 2. The molecule has 20 heavy (non-hydrogen) atoms. The predicted molar refractivity (Wildman–Crippen MR) is 76.6 cm³/mol. The number of aryl methyl sites for hydroxylation is 1. The normalized spacial score (nSPS) is 11.9. The Morgan fingerprint density at radius 2 is 1.85 bits per heavy atom. The predicted octanol–water partition coefficient (Wildman–Crippen LogP) is 3.68. The van der Waals surface area contributed by atoms with Gasteiger partial charge in [-0.2, -0.15) is 0 Å². The lowest BCUT2D eigenvalue weighted by Gasteiger charge is -2.19. The van der Waals surface area contributed by atoms with Crippen LogP contribution in [0.25, 0.3) is 10.6 Å². The monoisotopic (exact) mass is 297 g/mol. The third-order valence-corrected chi connectivity index (χ3v) is 3.67. The lowest BCUT2D eigenvalue weighted by Crippen LogP contribution is -2.35. The molecule has 0 spiro atoms. The van der Waals surface area contributed by atoms with E-state index in [0.29, 0.717) is 22.7 Å². The van der Waals surface area contributed by atoms with Gasteiger partial charge in [-0.3, -0.25) is 0 Å². The van der Waals surface area contributed by atoms with Crippen LogP contribution in [0.1, 0.15) is 31.3 Å². The molecule has 1 aromatic heterocycles. The van der Waals surface area contributed by atoms with Crippen molar-refractivity contribution in [1.82, 2.24) is 15.5 Å². The Morgan fingerprint density at radius 3 is 2.50 bits per heavy atom. The molecule has 0 radical (unpaired) electrons. The van der Waals surface area contributed by atoms with Gasteiger partial charge >= 0.3 is 0 Å². The fourth-order valence-electron chi connectivity index (χ4n) is 1.60. The first-order valence-corrected chi connectivity index (χ1v) is 7.11. The molecule has 0 fully saturated rings. The largest absolute Gasteiger partial charge is 0.306 e. The van der Waals surface area contributed by atoms with Gasteiger partial charge in [-0.1, -0.05) is 11.3 Å². The Balaban J connectivity index is 2.23. The summed E-state index contributed by atoms with van der Waals surface area (Å²) in [5, 5.41) is 12.6. The Hall–Kier alpha value is -1.40. The molecule has 0 bridgehead atoms. The Labute approximate surface area is 121 Å². The molecule has 2 rings (SSSR count). The van der Waals surface area contributed by atoms with Gasteiger partial charge < -0.3 is 5.32 Å². The molecule has 0 aliphatic carbocycles. The lowest BCUT2D eigenvalue weighted by molar-refractivity contribution is 0.423. The highest BCUT2D eigenvalue weighted by Gasteiger charge is 2.15. The van der Waals surface area contributed by atoms with E-state index in [-0.39, 0.29) is 5.54 Å². The molecule has 0 aliphatic heterocycles. The third kappa shape index (κ3) is 3.58. The van der Waals surface area contributed by atoms with Gasteiger partial charge in [-0.15, -0.1) is 10.2 Å². The summed E-state index contributed by atoms with van der Waals surface area (Å²) in [6.45, 7) is 8.33. The molecule has 0 saturated heterocycles. The summed E-state index contributed by atoms with van der Waals surface area (Å²) >= 11 is 1.31. The highest BCUT2D eigenvalue weighted by Crippen LogP contribution is 2.28. The molecule has 1 aromatic carbocycles. The molecular weight excluding hydrogens is 280 g/mol. The average molecular weight is 297 g/mol. The van der Waals surface area contributed by atoms with Crippen LogP contribution in [-0.4, -0.2) is 15.7 Å². The third-order valence-electron chi connectivity index (χ3n) is 2.72. The Morgan fingerprint density at radius 1 is 1.15 bits per heavy atom. The van der Waals surface area contributed by atoms with Crippen molar-refractivity contribution in [3.63, 3.8) is 0 Å². The maximum Gasteiger partial charge on any atom is 0.150 e. The first kappa shape index (κ1) is 15.0. The van der Waals surface area contributed by atoms with Gasteiger partial charge in [0.05, 0.1) is 6.54 Å². The van der Waals surface area contributed by atoms with Crippen LogP contribution in [0.3, 0.4) is 0 Å². The summed E-state index contributed by atoms with van der Waals surface area (Å²) in [6, 6.07) is 2.35. The fourth-order valence-corrected chi connectivity index (χ4v) is 2.39. The molecule has 0 aliphatic rings. The van der Waals surface area contributed by atoms with Crippen molar-refractivity contribution >= 4 is 11.3 Å². The minimum Gasteiger partial charge on any atom is -0.306 e. The number of hydrogen-bond donors (Lipinski definition) is 1. The van der Waals surface area contributed by atoms with Crippen LogP contribution in [0.5, 0.6) is 0 Å². The molecule has 6 heteroatoms. The smallest absolute Gasteiger partial charge is 0.150 e. The molecule has 1 heterocycles. The number of benzene rings is 1. The van der Waals surface area contributed by atoms with Crippen molar-refractivity contribution < 1.29 is 8.78 Å². The minimum absolute atomic E-state index is 0.0243. The lowest BCUT2D eigenvalue weighted by atomic mass is 10.1. The second-order valence-corrected chi connectivity index (χ2v) is 6.75. The van der Waals surface area contributed by atoms with Crippen molar-refractivity contribution in [2.24, 2.45) is 0 Å². The minimum atomic E-state index is -0.611. The number of rotatable bonds is 3. The van der Waals surface area contributed by atoms with Crippen molar-refractivity contribution in [3.8, 4) is 10.6 Å².